The van der Waals surface area contributed by atoms with Crippen LogP contribution in [-0.4, -0.2) is 13.7 Å². The maximum Gasteiger partial charge on any atom is 0.186 e. The van der Waals surface area contributed by atoms with Crippen molar-refractivity contribution in [1.82, 2.24) is 0 Å². The van der Waals surface area contributed by atoms with Crippen LogP contribution >= 0.6 is 0 Å². The minimum atomic E-state index is -3.33. The molecule has 2 nitrogen and oxygen atoms in total. The zero-order chi connectivity index (χ0) is 15.6. The standard InChI is InChI=1S/C18H22O2S/c1-11-6-13(3)16-15(8-11)10-18(5)9-12(2)7-14(4)17(18)21(16,19)20/h6-9,17H,10H2,1-5H3. The third-order valence-electron chi connectivity index (χ3n) is 4.69. The van der Waals surface area contributed by atoms with Crippen molar-refractivity contribution < 1.29 is 8.42 Å². The Kier molecular flexibility index (Phi) is 3.00. The predicted molar refractivity (Wildman–Crippen MR) is 86.2 cm³/mol. The highest BCUT2D eigenvalue weighted by Crippen LogP contribution is 2.49. The Balaban J connectivity index is 2.35. The van der Waals surface area contributed by atoms with Crippen LogP contribution in [0.4, 0.5) is 0 Å². The highest BCUT2D eigenvalue weighted by Gasteiger charge is 2.49. The quantitative estimate of drug-likeness (QED) is 0.728. The van der Waals surface area contributed by atoms with E-state index in [9.17, 15) is 8.42 Å². The van der Waals surface area contributed by atoms with Crippen molar-refractivity contribution in [2.75, 3.05) is 0 Å². The van der Waals surface area contributed by atoms with Gasteiger partial charge in [0.25, 0.3) is 0 Å². The molecule has 0 N–H and O–H groups in total. The van der Waals surface area contributed by atoms with Crippen LogP contribution in [0.3, 0.4) is 0 Å². The minimum Gasteiger partial charge on any atom is -0.223 e. The van der Waals surface area contributed by atoms with Gasteiger partial charge in [-0.1, -0.05) is 47.9 Å². The number of rotatable bonds is 0. The van der Waals surface area contributed by atoms with Gasteiger partial charge in [-0.3, -0.25) is 0 Å². The molecular weight excluding hydrogens is 280 g/mol. The Morgan fingerprint density at radius 3 is 2.48 bits per heavy atom. The molecule has 0 saturated heterocycles. The van der Waals surface area contributed by atoms with Crippen molar-refractivity contribution in [2.45, 2.75) is 51.2 Å². The minimum absolute atomic E-state index is 0.338. The van der Waals surface area contributed by atoms with Gasteiger partial charge in [0.2, 0.25) is 0 Å². The molecule has 0 bridgehead atoms. The number of fused-ring (bicyclic) bond motifs is 2. The molecule has 0 fully saturated rings. The van der Waals surface area contributed by atoms with Gasteiger partial charge in [-0.15, -0.1) is 0 Å². The van der Waals surface area contributed by atoms with Crippen LogP contribution in [0.5, 0.6) is 0 Å². The van der Waals surface area contributed by atoms with Crippen molar-refractivity contribution >= 4 is 9.84 Å². The van der Waals surface area contributed by atoms with Crippen molar-refractivity contribution in [1.29, 1.82) is 0 Å². The Morgan fingerprint density at radius 1 is 1.14 bits per heavy atom. The lowest BCUT2D eigenvalue weighted by Crippen LogP contribution is -2.45. The van der Waals surface area contributed by atoms with Crippen molar-refractivity contribution in [3.8, 4) is 0 Å². The molecule has 0 amide bonds. The van der Waals surface area contributed by atoms with Gasteiger partial charge in [-0.2, -0.15) is 0 Å². The van der Waals surface area contributed by atoms with E-state index in [-0.39, 0.29) is 5.41 Å². The summed E-state index contributed by atoms with van der Waals surface area (Å²) in [5.74, 6) is 0. The van der Waals surface area contributed by atoms with Crippen molar-refractivity contribution in [3.05, 3.63) is 52.1 Å². The first kappa shape index (κ1) is 14.6. The molecule has 0 saturated carbocycles. The molecule has 0 aromatic heterocycles. The van der Waals surface area contributed by atoms with Crippen LogP contribution in [0.25, 0.3) is 0 Å². The Bertz CT molecular complexity index is 797. The van der Waals surface area contributed by atoms with Gasteiger partial charge in [-0.25, -0.2) is 8.42 Å². The summed E-state index contributed by atoms with van der Waals surface area (Å²) in [5.41, 5.74) is 4.77. The number of sulfone groups is 1. The summed E-state index contributed by atoms with van der Waals surface area (Å²) in [6, 6.07) is 4.01. The molecule has 3 rings (SSSR count). The smallest absolute Gasteiger partial charge is 0.186 e. The van der Waals surface area contributed by atoms with Gasteiger partial charge >= 0.3 is 0 Å². The maximum absolute atomic E-state index is 13.2. The Morgan fingerprint density at radius 2 is 1.81 bits per heavy atom. The zero-order valence-electron chi connectivity index (χ0n) is 13.3. The molecule has 1 aliphatic heterocycles. The first-order valence-corrected chi connectivity index (χ1v) is 8.91. The summed E-state index contributed by atoms with van der Waals surface area (Å²) in [4.78, 5) is 0.566. The van der Waals surface area contributed by atoms with E-state index in [2.05, 4.69) is 19.9 Å². The molecule has 3 heteroatoms. The highest BCUT2D eigenvalue weighted by molar-refractivity contribution is 7.92. The summed E-state index contributed by atoms with van der Waals surface area (Å²) < 4.78 is 26.4. The monoisotopic (exact) mass is 302 g/mol. The molecule has 0 spiro atoms. The van der Waals surface area contributed by atoms with Crippen LogP contribution in [-0.2, 0) is 16.3 Å². The topological polar surface area (TPSA) is 34.1 Å². The van der Waals surface area contributed by atoms with Gasteiger partial charge in [-0.05, 0) is 45.2 Å². The second-order valence-corrected chi connectivity index (χ2v) is 8.92. The van der Waals surface area contributed by atoms with Crippen molar-refractivity contribution in [3.63, 3.8) is 0 Å². The normalized spacial score (nSPS) is 30.0. The van der Waals surface area contributed by atoms with E-state index in [0.717, 1.165) is 34.3 Å². The number of aryl methyl sites for hydroxylation is 2. The fourth-order valence-electron chi connectivity index (χ4n) is 4.44. The molecular formula is C18H22O2S. The zero-order valence-corrected chi connectivity index (χ0v) is 14.1. The van der Waals surface area contributed by atoms with E-state index in [1.165, 1.54) is 0 Å². The summed E-state index contributed by atoms with van der Waals surface area (Å²) in [6.07, 6.45) is 4.94. The third-order valence-corrected chi connectivity index (χ3v) is 7.37. The second kappa shape index (κ2) is 4.33. The fourth-order valence-corrected chi connectivity index (χ4v) is 7.10. The maximum atomic E-state index is 13.2. The van der Waals surface area contributed by atoms with Crippen molar-refractivity contribution in [2.24, 2.45) is 5.41 Å². The molecule has 112 valence electrons. The first-order chi connectivity index (χ1) is 9.65. The van der Waals surface area contributed by atoms with Gasteiger partial charge in [0, 0.05) is 5.41 Å². The summed E-state index contributed by atoms with van der Waals surface area (Å²) in [6.45, 7) is 10.0. The molecule has 0 radical (unpaired) electrons. The Hall–Kier alpha value is -1.35. The summed E-state index contributed by atoms with van der Waals surface area (Å²) in [7, 11) is -3.33. The molecule has 1 aromatic carbocycles. The van der Waals surface area contributed by atoms with Gasteiger partial charge < -0.3 is 0 Å². The average molecular weight is 302 g/mol. The summed E-state index contributed by atoms with van der Waals surface area (Å²) in [5, 5.41) is -0.428. The molecule has 1 aromatic rings. The average Bonchev–Trinajstić information content (AvgIpc) is 2.22. The SMILES string of the molecule is CC1=CC2(C)Cc3cc(C)cc(C)c3S(=O)(=O)C2C(C)=C1. The molecule has 2 unspecified atom stereocenters. The van der Waals surface area contributed by atoms with Crippen LogP contribution in [0.1, 0.15) is 37.5 Å². The predicted octanol–water partition coefficient (Wildman–Crippen LogP) is 3.91. The van der Waals surface area contributed by atoms with Crippen LogP contribution in [0.2, 0.25) is 0 Å². The molecule has 1 aliphatic carbocycles. The molecule has 2 aliphatic rings. The number of allylic oxidation sites excluding steroid dienone is 3. The van der Waals surface area contributed by atoms with Gasteiger partial charge in [0.1, 0.15) is 0 Å². The highest BCUT2D eigenvalue weighted by atomic mass is 32.2. The fraction of sp³-hybridized carbons (Fsp3) is 0.444. The largest absolute Gasteiger partial charge is 0.223 e. The number of hydrogen-bond donors (Lipinski definition) is 0. The lowest BCUT2D eigenvalue weighted by atomic mass is 9.73. The van der Waals surface area contributed by atoms with E-state index in [1.54, 1.807) is 0 Å². The number of benzene rings is 1. The van der Waals surface area contributed by atoms with E-state index in [0.29, 0.717) is 4.90 Å². The van der Waals surface area contributed by atoms with Crippen LogP contribution < -0.4 is 0 Å². The molecule has 1 heterocycles. The Labute approximate surface area is 127 Å². The second-order valence-electron chi connectivity index (χ2n) is 6.95. The number of hydrogen-bond acceptors (Lipinski definition) is 2. The molecule has 21 heavy (non-hydrogen) atoms. The van der Waals surface area contributed by atoms with E-state index >= 15 is 0 Å². The third kappa shape index (κ3) is 2.02. The lowest BCUT2D eigenvalue weighted by molar-refractivity contribution is 0.391. The van der Waals surface area contributed by atoms with Gasteiger partial charge in [0.15, 0.2) is 9.84 Å². The van der Waals surface area contributed by atoms with E-state index in [4.69, 9.17) is 0 Å². The van der Waals surface area contributed by atoms with E-state index in [1.807, 2.05) is 39.0 Å². The van der Waals surface area contributed by atoms with E-state index < -0.39 is 15.1 Å². The van der Waals surface area contributed by atoms with Crippen LogP contribution in [0, 0.1) is 19.3 Å². The van der Waals surface area contributed by atoms with Gasteiger partial charge in [0.05, 0.1) is 10.1 Å². The summed E-state index contributed by atoms with van der Waals surface area (Å²) >= 11 is 0. The molecule has 2 atom stereocenters. The van der Waals surface area contributed by atoms with Crippen LogP contribution in [0.15, 0.2) is 40.3 Å². The first-order valence-electron chi connectivity index (χ1n) is 7.37. The lowest BCUT2D eigenvalue weighted by Gasteiger charge is -2.43.